The van der Waals surface area contributed by atoms with Crippen LogP contribution in [-0.4, -0.2) is 26.8 Å². The zero-order valence-electron chi connectivity index (χ0n) is 19.9. The number of benzene rings is 2. The quantitative estimate of drug-likeness (QED) is 0.198. The maximum atomic E-state index is 13.9. The lowest BCUT2D eigenvalue weighted by Crippen LogP contribution is -2.07. The van der Waals surface area contributed by atoms with Crippen LogP contribution in [0.5, 0.6) is 0 Å². The molecule has 0 N–H and O–H groups in total. The van der Waals surface area contributed by atoms with Crippen LogP contribution in [0, 0.1) is 31.3 Å². The van der Waals surface area contributed by atoms with Crippen molar-refractivity contribution in [3.8, 4) is 11.1 Å². The highest BCUT2D eigenvalue weighted by Crippen LogP contribution is 2.40. The normalized spacial score (nSPS) is 11.7. The van der Waals surface area contributed by atoms with Crippen molar-refractivity contribution in [2.45, 2.75) is 20.5 Å². The molecule has 3 aromatic heterocycles. The molecule has 0 spiro atoms. The maximum absolute atomic E-state index is 13.9. The average molecular weight is 512 g/mol. The van der Waals surface area contributed by atoms with E-state index in [0.29, 0.717) is 33.8 Å². The molecule has 0 fully saturated rings. The zero-order valence-corrected chi connectivity index (χ0v) is 20.7. The molecule has 0 aliphatic rings. The molecule has 0 bridgehead atoms. The number of pyridine rings is 1. The van der Waals surface area contributed by atoms with Crippen molar-refractivity contribution in [3.63, 3.8) is 0 Å². The third-order valence-electron chi connectivity index (χ3n) is 6.45. The van der Waals surface area contributed by atoms with Crippen LogP contribution in [0.4, 0.5) is 13.2 Å². The molecular formula is C27H21ClF3N3O2. The van der Waals surface area contributed by atoms with E-state index in [1.165, 1.54) is 7.11 Å². The van der Waals surface area contributed by atoms with E-state index in [4.69, 9.17) is 16.3 Å². The van der Waals surface area contributed by atoms with Gasteiger partial charge in [0, 0.05) is 42.6 Å². The second-order valence-electron chi connectivity index (χ2n) is 8.68. The topological polar surface area (TPSA) is 48.5 Å². The lowest BCUT2D eigenvalue weighted by atomic mass is 9.98. The van der Waals surface area contributed by atoms with Gasteiger partial charge in [0.25, 0.3) is 0 Å². The van der Waals surface area contributed by atoms with Crippen LogP contribution in [0.2, 0.25) is 5.02 Å². The third-order valence-corrected chi connectivity index (χ3v) is 6.82. The van der Waals surface area contributed by atoms with Crippen LogP contribution in [0.1, 0.15) is 33.0 Å². The Balaban J connectivity index is 1.78. The van der Waals surface area contributed by atoms with Gasteiger partial charge in [-0.1, -0.05) is 17.7 Å². The molecule has 0 radical (unpaired) electrons. The predicted octanol–water partition coefficient (Wildman–Crippen LogP) is 6.56. The number of imidazole rings is 1. The molecule has 0 saturated heterocycles. The summed E-state index contributed by atoms with van der Waals surface area (Å²) in [6, 6.07) is 8.64. The van der Waals surface area contributed by atoms with Gasteiger partial charge >= 0.3 is 0 Å². The molecule has 0 atom stereocenters. The van der Waals surface area contributed by atoms with E-state index in [-0.39, 0.29) is 17.9 Å². The molecule has 0 unspecified atom stereocenters. The molecule has 0 saturated carbocycles. The van der Waals surface area contributed by atoms with Gasteiger partial charge in [-0.05, 0) is 49.7 Å². The monoisotopic (exact) mass is 511 g/mol. The molecule has 0 amide bonds. The van der Waals surface area contributed by atoms with Gasteiger partial charge in [-0.25, -0.2) is 18.2 Å². The summed E-state index contributed by atoms with van der Waals surface area (Å²) in [7, 11) is 3.45. The van der Waals surface area contributed by atoms with Crippen molar-refractivity contribution in [1.29, 1.82) is 0 Å². The summed E-state index contributed by atoms with van der Waals surface area (Å²) in [6.07, 6.45) is 1.67. The van der Waals surface area contributed by atoms with Gasteiger partial charge in [-0.15, -0.1) is 0 Å². The van der Waals surface area contributed by atoms with Gasteiger partial charge in [-0.2, -0.15) is 0 Å². The van der Waals surface area contributed by atoms with Gasteiger partial charge < -0.3 is 13.7 Å². The minimum atomic E-state index is -1.63. The molecular weight excluding hydrogens is 491 g/mol. The van der Waals surface area contributed by atoms with Gasteiger partial charge in [0.05, 0.1) is 28.4 Å². The van der Waals surface area contributed by atoms with Crippen molar-refractivity contribution in [2.75, 3.05) is 7.11 Å². The van der Waals surface area contributed by atoms with Gasteiger partial charge in [-0.3, -0.25) is 4.79 Å². The number of methoxy groups -OCH3 is 1. The van der Waals surface area contributed by atoms with Gasteiger partial charge in [0.2, 0.25) is 5.78 Å². The number of aryl methyl sites for hydroxylation is 3. The van der Waals surface area contributed by atoms with E-state index in [2.05, 4.69) is 4.98 Å². The minimum Gasteiger partial charge on any atom is -0.380 e. The smallest absolute Gasteiger partial charge is 0.209 e. The molecule has 5 nitrogen and oxygen atoms in total. The van der Waals surface area contributed by atoms with Crippen molar-refractivity contribution < 1.29 is 22.7 Å². The van der Waals surface area contributed by atoms with E-state index >= 15 is 0 Å². The van der Waals surface area contributed by atoms with E-state index in [1.54, 1.807) is 22.7 Å². The largest absolute Gasteiger partial charge is 0.380 e. The minimum absolute atomic E-state index is 0.146. The number of carbonyl (C=O) groups excluding carboxylic acids is 1. The number of hydrogen-bond acceptors (Lipinski definition) is 3. The molecule has 5 aromatic rings. The number of nitrogens with zero attached hydrogens (tertiary/aromatic N) is 3. The van der Waals surface area contributed by atoms with Crippen LogP contribution < -0.4 is 0 Å². The summed E-state index contributed by atoms with van der Waals surface area (Å²) in [5, 5.41) is 0.474. The molecule has 3 heterocycles. The van der Waals surface area contributed by atoms with E-state index in [1.807, 2.05) is 37.6 Å². The summed E-state index contributed by atoms with van der Waals surface area (Å²) >= 11 is 6.91. The Morgan fingerprint density at radius 1 is 1.11 bits per heavy atom. The molecule has 36 heavy (non-hydrogen) atoms. The summed E-state index contributed by atoms with van der Waals surface area (Å²) in [5.41, 5.74) is 5.13. The molecule has 5 rings (SSSR count). The lowest BCUT2D eigenvalue weighted by molar-refractivity contribution is 0.103. The van der Waals surface area contributed by atoms with Crippen LogP contribution in [0.3, 0.4) is 0 Å². The number of halogens is 4. The fourth-order valence-corrected chi connectivity index (χ4v) is 5.06. The molecule has 9 heteroatoms. The lowest BCUT2D eigenvalue weighted by Gasteiger charge is -2.14. The van der Waals surface area contributed by atoms with Crippen molar-refractivity contribution in [1.82, 2.24) is 14.0 Å². The first-order valence-electron chi connectivity index (χ1n) is 11.1. The van der Waals surface area contributed by atoms with Crippen LogP contribution in [0.25, 0.3) is 27.7 Å². The fourth-order valence-electron chi connectivity index (χ4n) is 4.67. The Bertz CT molecular complexity index is 1680. The number of ketones is 1. The summed E-state index contributed by atoms with van der Waals surface area (Å²) < 4.78 is 50.2. The Labute approximate surface area is 209 Å². The second-order valence-corrected chi connectivity index (χ2v) is 9.06. The highest BCUT2D eigenvalue weighted by Gasteiger charge is 2.24. The van der Waals surface area contributed by atoms with Crippen LogP contribution >= 0.6 is 11.6 Å². The number of hydrogen-bond donors (Lipinski definition) is 0. The highest BCUT2D eigenvalue weighted by atomic mass is 35.5. The van der Waals surface area contributed by atoms with E-state index in [9.17, 15) is 18.0 Å². The van der Waals surface area contributed by atoms with Crippen LogP contribution in [0.15, 0.2) is 42.6 Å². The Hall–Kier alpha value is -3.62. The fraction of sp³-hybridized carbons (Fsp3) is 0.185. The van der Waals surface area contributed by atoms with E-state index in [0.717, 1.165) is 28.0 Å². The Kier molecular flexibility index (Phi) is 5.89. The second kappa shape index (κ2) is 8.80. The first-order valence-corrected chi connectivity index (χ1v) is 11.5. The SMILES string of the molecule is COCc1cc(C(=O)c2cc(F)c(F)c(F)c2)n2cccc(-c3c(C)cc4c(nc(C)n4C)c3Cl)c12. The van der Waals surface area contributed by atoms with E-state index < -0.39 is 23.2 Å². The molecule has 2 aromatic carbocycles. The van der Waals surface area contributed by atoms with Crippen molar-refractivity contribution in [3.05, 3.63) is 93.3 Å². The van der Waals surface area contributed by atoms with Crippen molar-refractivity contribution >= 4 is 33.9 Å². The number of rotatable bonds is 5. The number of ether oxygens (including phenoxy) is 1. The number of aromatic nitrogens is 3. The number of carbonyl (C=O) groups is 1. The molecule has 184 valence electrons. The Morgan fingerprint density at radius 2 is 1.81 bits per heavy atom. The standard InChI is InChI=1S/C27H21ClF3N3O2/c1-13-8-20-25(32-14(2)33(20)3)23(28)22(13)17-6-5-7-34-21(11-16(12-36-4)26(17)34)27(35)15-9-18(29)24(31)19(30)10-15/h5-11H,12H2,1-4H3. The van der Waals surface area contributed by atoms with Gasteiger partial charge in [0.15, 0.2) is 17.5 Å². The van der Waals surface area contributed by atoms with Gasteiger partial charge in [0.1, 0.15) is 11.3 Å². The Morgan fingerprint density at radius 3 is 2.47 bits per heavy atom. The number of fused-ring (bicyclic) bond motifs is 2. The van der Waals surface area contributed by atoms with Crippen molar-refractivity contribution in [2.24, 2.45) is 7.05 Å². The average Bonchev–Trinajstić information content (AvgIpc) is 3.35. The predicted molar refractivity (Wildman–Crippen MR) is 132 cm³/mol. The summed E-state index contributed by atoms with van der Waals surface area (Å²) in [6.45, 7) is 4.01. The summed E-state index contributed by atoms with van der Waals surface area (Å²) in [5.74, 6) is -4.34. The first kappa shape index (κ1) is 24.1. The maximum Gasteiger partial charge on any atom is 0.209 e. The summed E-state index contributed by atoms with van der Waals surface area (Å²) in [4.78, 5) is 18.0. The zero-order chi connectivity index (χ0) is 25.9. The highest BCUT2D eigenvalue weighted by molar-refractivity contribution is 6.38. The molecule has 0 aliphatic heterocycles. The third kappa shape index (κ3) is 3.60. The molecule has 0 aliphatic carbocycles. The first-order chi connectivity index (χ1) is 17.1. The van der Waals surface area contributed by atoms with Crippen LogP contribution in [-0.2, 0) is 18.4 Å².